The summed E-state index contributed by atoms with van der Waals surface area (Å²) in [5.74, 6) is 0. The molecule has 0 aromatic rings. The largest absolute Gasteiger partial charge is 0.472 e. The molecule has 0 fully saturated rings. The molecule has 0 bridgehead atoms. The monoisotopic (exact) mass is 679 g/mol. The van der Waals surface area contributed by atoms with Crippen LogP contribution < -0.4 is 0 Å². The Kier molecular flexibility index (Phi) is 33.5. The molecule has 0 aliphatic heterocycles. The Hall–Kier alpha value is -0.0100. The highest BCUT2D eigenvalue weighted by atomic mass is 31.2. The average molecular weight is 679 g/mol. The Bertz CT molecular complexity index is 660. The topological polar surface area (TPSA) is 74.2 Å². The number of rotatable bonds is 38. The number of hydrogen-bond donors (Lipinski definition) is 1. The minimum absolute atomic E-state index is 0.00509. The quantitative estimate of drug-likeness (QED) is 0.0398. The summed E-state index contributed by atoms with van der Waals surface area (Å²) in [4.78, 5) is 10.2. The van der Waals surface area contributed by atoms with Crippen molar-refractivity contribution in [2.75, 3.05) is 60.7 Å². The molecule has 2 atom stereocenters. The van der Waals surface area contributed by atoms with Gasteiger partial charge in [-0.25, -0.2) is 4.57 Å². The first-order chi connectivity index (χ1) is 22.2. The van der Waals surface area contributed by atoms with E-state index in [9.17, 15) is 9.46 Å². The van der Waals surface area contributed by atoms with E-state index < -0.39 is 7.82 Å². The zero-order chi connectivity index (χ0) is 34.0. The third-order valence-corrected chi connectivity index (χ3v) is 9.72. The van der Waals surface area contributed by atoms with Gasteiger partial charge in [-0.2, -0.15) is 0 Å². The van der Waals surface area contributed by atoms with Crippen LogP contribution in [0.4, 0.5) is 0 Å². The average Bonchev–Trinajstić information content (AvgIpc) is 3.00. The molecule has 0 radical (unpaired) electrons. The number of phosphoric acid groups is 1. The highest BCUT2D eigenvalue weighted by Gasteiger charge is 2.25. The smallest absolute Gasteiger partial charge is 0.379 e. The van der Waals surface area contributed by atoms with Crippen LogP contribution in [0.1, 0.15) is 181 Å². The van der Waals surface area contributed by atoms with E-state index in [1.165, 1.54) is 148 Å². The van der Waals surface area contributed by atoms with Crippen molar-refractivity contribution >= 4 is 7.82 Å². The number of unbranched alkanes of at least 4 members (excludes halogenated alkanes) is 24. The Balaban J connectivity index is 4.04. The molecule has 1 unspecified atom stereocenters. The molecule has 0 rings (SSSR count). The lowest BCUT2D eigenvalue weighted by atomic mass is 10.0. The Morgan fingerprint density at radius 3 is 1.26 bits per heavy atom. The maximum Gasteiger partial charge on any atom is 0.472 e. The summed E-state index contributed by atoms with van der Waals surface area (Å²) in [6.45, 7) is 7.00. The second-order valence-electron chi connectivity index (χ2n) is 14.7. The van der Waals surface area contributed by atoms with Crippen LogP contribution in [-0.4, -0.2) is 76.2 Å². The predicted molar refractivity (Wildman–Crippen MR) is 197 cm³/mol. The number of phosphoric ester groups is 1. The van der Waals surface area contributed by atoms with Gasteiger partial charge in [0.15, 0.2) is 0 Å². The van der Waals surface area contributed by atoms with Gasteiger partial charge in [-0.05, 0) is 12.8 Å². The summed E-state index contributed by atoms with van der Waals surface area (Å²) < 4.78 is 35.6. The van der Waals surface area contributed by atoms with Gasteiger partial charge in [0.1, 0.15) is 19.3 Å². The fraction of sp³-hybridized carbons (Fsp3) is 1.00. The summed E-state index contributed by atoms with van der Waals surface area (Å²) in [5.41, 5.74) is 0. The second-order valence-corrected chi connectivity index (χ2v) is 16.1. The highest BCUT2D eigenvalue weighted by Crippen LogP contribution is 2.43. The molecule has 7 nitrogen and oxygen atoms in total. The molecule has 1 N–H and O–H groups in total. The Labute approximate surface area is 287 Å². The van der Waals surface area contributed by atoms with Gasteiger partial charge in [-0.15, -0.1) is 0 Å². The molecule has 0 aromatic carbocycles. The molecular formula is C38H81NO6P+. The van der Waals surface area contributed by atoms with E-state index in [0.29, 0.717) is 30.8 Å². The third-order valence-electron chi connectivity index (χ3n) is 8.74. The molecule has 0 spiro atoms. The molecule has 0 aromatic heterocycles. The zero-order valence-corrected chi connectivity index (χ0v) is 32.5. The molecule has 0 aliphatic carbocycles. The van der Waals surface area contributed by atoms with Crippen molar-refractivity contribution in [3.05, 3.63) is 0 Å². The molecular weight excluding hydrogens is 597 g/mol. The van der Waals surface area contributed by atoms with Gasteiger partial charge in [0.25, 0.3) is 0 Å². The summed E-state index contributed by atoms with van der Waals surface area (Å²) >= 11 is 0. The molecule has 8 heteroatoms. The van der Waals surface area contributed by atoms with E-state index in [1.807, 2.05) is 21.1 Å². The van der Waals surface area contributed by atoms with Gasteiger partial charge in [0, 0.05) is 13.2 Å². The molecule has 0 amide bonds. The maximum atomic E-state index is 12.4. The van der Waals surface area contributed by atoms with Crippen molar-refractivity contribution in [1.82, 2.24) is 0 Å². The molecule has 0 saturated carbocycles. The number of quaternary nitrogens is 1. The number of hydrogen-bond acceptors (Lipinski definition) is 5. The summed E-state index contributed by atoms with van der Waals surface area (Å²) in [6.07, 6.45) is 34.0. The standard InChI is InChI=1S/C38H80NO6P/c1-6-8-10-12-14-16-18-19-20-21-22-23-24-26-28-30-33-42-36-38(37-45-46(40,41)44-35-32-39(3,4)5)43-34-31-29-27-25-17-15-13-11-9-7-2/h38H,6-37H2,1-5H3/p+1/t38-/m1/s1. The van der Waals surface area contributed by atoms with Crippen molar-refractivity contribution < 1.29 is 32.5 Å². The van der Waals surface area contributed by atoms with Crippen molar-refractivity contribution in [1.29, 1.82) is 0 Å². The van der Waals surface area contributed by atoms with E-state index in [0.717, 1.165) is 19.3 Å². The van der Waals surface area contributed by atoms with E-state index in [-0.39, 0.29) is 19.3 Å². The first-order valence-corrected chi connectivity index (χ1v) is 21.3. The van der Waals surface area contributed by atoms with E-state index in [4.69, 9.17) is 18.5 Å². The Morgan fingerprint density at radius 1 is 0.500 bits per heavy atom. The van der Waals surface area contributed by atoms with Crippen LogP contribution in [0, 0.1) is 0 Å². The van der Waals surface area contributed by atoms with E-state index >= 15 is 0 Å². The van der Waals surface area contributed by atoms with Crippen molar-refractivity contribution in [3.63, 3.8) is 0 Å². The van der Waals surface area contributed by atoms with Gasteiger partial charge >= 0.3 is 7.82 Å². The van der Waals surface area contributed by atoms with Crippen molar-refractivity contribution in [2.24, 2.45) is 0 Å². The number of nitrogens with zero attached hydrogens (tertiary/aromatic N) is 1. The Morgan fingerprint density at radius 2 is 0.870 bits per heavy atom. The van der Waals surface area contributed by atoms with Crippen LogP contribution in [-0.2, 0) is 23.1 Å². The summed E-state index contributed by atoms with van der Waals surface area (Å²) in [5, 5.41) is 0. The van der Waals surface area contributed by atoms with Gasteiger partial charge < -0.3 is 18.9 Å². The maximum absolute atomic E-state index is 12.4. The van der Waals surface area contributed by atoms with Crippen molar-refractivity contribution in [2.45, 2.75) is 187 Å². The molecule has 0 heterocycles. The van der Waals surface area contributed by atoms with Crippen LogP contribution in [0.2, 0.25) is 0 Å². The SMILES string of the molecule is CCCCCCCCCCCCCCCCCCOC[C@H](COP(=O)(O)OCC[N+](C)(C)C)OCCCCCCCCCCCC. The second kappa shape index (κ2) is 33.5. The zero-order valence-electron chi connectivity index (χ0n) is 31.6. The first-order valence-electron chi connectivity index (χ1n) is 19.8. The fourth-order valence-corrected chi connectivity index (χ4v) is 6.34. The van der Waals surface area contributed by atoms with Crippen LogP contribution in [0.15, 0.2) is 0 Å². The lowest BCUT2D eigenvalue weighted by Crippen LogP contribution is -2.37. The lowest BCUT2D eigenvalue weighted by molar-refractivity contribution is -0.870. The van der Waals surface area contributed by atoms with Gasteiger partial charge in [-0.3, -0.25) is 9.05 Å². The lowest BCUT2D eigenvalue weighted by Gasteiger charge is -2.24. The summed E-state index contributed by atoms with van der Waals surface area (Å²) in [7, 11) is 1.92. The van der Waals surface area contributed by atoms with Crippen molar-refractivity contribution in [3.8, 4) is 0 Å². The number of ether oxygens (including phenoxy) is 2. The fourth-order valence-electron chi connectivity index (χ4n) is 5.60. The molecule has 0 aliphatic rings. The normalized spacial score (nSPS) is 14.1. The van der Waals surface area contributed by atoms with Crippen LogP contribution in [0.5, 0.6) is 0 Å². The molecule has 46 heavy (non-hydrogen) atoms. The predicted octanol–water partition coefficient (Wildman–Crippen LogP) is 11.4. The summed E-state index contributed by atoms with van der Waals surface area (Å²) in [6, 6.07) is 0. The van der Waals surface area contributed by atoms with Gasteiger partial charge in [-0.1, -0.05) is 168 Å². The van der Waals surface area contributed by atoms with E-state index in [1.54, 1.807) is 0 Å². The van der Waals surface area contributed by atoms with Gasteiger partial charge in [0.05, 0.1) is 34.4 Å². The minimum Gasteiger partial charge on any atom is -0.379 e. The highest BCUT2D eigenvalue weighted by molar-refractivity contribution is 7.47. The molecule has 278 valence electrons. The number of likely N-dealkylation sites (N-methyl/N-ethyl adjacent to an activating group) is 1. The molecule has 0 saturated heterocycles. The van der Waals surface area contributed by atoms with Crippen LogP contribution >= 0.6 is 7.82 Å². The third kappa shape index (κ3) is 36.8. The van der Waals surface area contributed by atoms with Crippen LogP contribution in [0.3, 0.4) is 0 Å². The van der Waals surface area contributed by atoms with Gasteiger partial charge in [0.2, 0.25) is 0 Å². The van der Waals surface area contributed by atoms with Crippen LogP contribution in [0.25, 0.3) is 0 Å². The van der Waals surface area contributed by atoms with E-state index in [2.05, 4.69) is 13.8 Å². The minimum atomic E-state index is -4.12. The first kappa shape index (κ1) is 46.0.